The molecule has 0 bridgehead atoms. The summed E-state index contributed by atoms with van der Waals surface area (Å²) in [6.45, 7) is 8.68. The van der Waals surface area contributed by atoms with Crippen LogP contribution in [0.1, 0.15) is 59.3 Å². The summed E-state index contributed by atoms with van der Waals surface area (Å²) < 4.78 is 29.0. The Hall–Kier alpha value is -0.240. The van der Waals surface area contributed by atoms with Crippen LogP contribution >= 0.6 is 0 Å². The molecule has 0 aromatic rings. The number of rotatable bonds is 14. The van der Waals surface area contributed by atoms with Gasteiger partial charge in [-0.3, -0.25) is 0 Å². The average molecular weight is 363 g/mol. The lowest BCUT2D eigenvalue weighted by Gasteiger charge is -2.43. The van der Waals surface area contributed by atoms with Crippen LogP contribution < -0.4 is 0 Å². The van der Waals surface area contributed by atoms with Gasteiger partial charge in [-0.05, 0) is 19.3 Å². The van der Waals surface area contributed by atoms with E-state index in [9.17, 15) is 5.11 Å². The Morgan fingerprint density at radius 1 is 0.840 bits per heavy atom. The molecule has 6 heteroatoms. The van der Waals surface area contributed by atoms with Gasteiger partial charge in [0.25, 0.3) is 0 Å². The van der Waals surface area contributed by atoms with Crippen LogP contribution in [0.3, 0.4) is 0 Å². The van der Waals surface area contributed by atoms with E-state index in [1.54, 1.807) is 0 Å². The summed E-state index contributed by atoms with van der Waals surface area (Å²) in [6.07, 6.45) is 3.37. The predicted octanol–water partition coefficient (Wildman–Crippen LogP) is 2.91. The molecule has 0 aromatic carbocycles. The number of aliphatic hydroxyl groups is 1. The highest BCUT2D eigenvalue weighted by atomic mass is 16.7. The first-order valence-electron chi connectivity index (χ1n) is 9.86. The summed E-state index contributed by atoms with van der Waals surface area (Å²) in [4.78, 5) is 0. The SMILES string of the molecule is CCCCOCC1OC(OC)C(O)C(OCCCC)C1OCCCC. The molecule has 150 valence electrons. The number of hydrogen-bond acceptors (Lipinski definition) is 6. The van der Waals surface area contributed by atoms with E-state index in [1.807, 2.05) is 0 Å². The molecule has 0 aromatic heterocycles. The van der Waals surface area contributed by atoms with Crippen LogP contribution in [0, 0.1) is 0 Å². The van der Waals surface area contributed by atoms with Crippen LogP contribution in [0.4, 0.5) is 0 Å². The second-order valence-corrected chi connectivity index (χ2v) is 6.58. The zero-order valence-electron chi connectivity index (χ0n) is 16.4. The monoisotopic (exact) mass is 362 g/mol. The van der Waals surface area contributed by atoms with Gasteiger partial charge in [0.05, 0.1) is 6.61 Å². The minimum Gasteiger partial charge on any atom is -0.385 e. The Bertz CT molecular complexity index is 314. The highest BCUT2D eigenvalue weighted by Crippen LogP contribution is 2.27. The molecule has 1 fully saturated rings. The maximum atomic E-state index is 10.6. The molecule has 0 amide bonds. The normalized spacial score (nSPS) is 29.9. The van der Waals surface area contributed by atoms with Gasteiger partial charge in [-0.1, -0.05) is 40.0 Å². The lowest BCUT2D eigenvalue weighted by molar-refractivity contribution is -0.310. The smallest absolute Gasteiger partial charge is 0.186 e. The molecule has 1 heterocycles. The molecule has 6 nitrogen and oxygen atoms in total. The molecule has 5 atom stereocenters. The van der Waals surface area contributed by atoms with Gasteiger partial charge in [0.2, 0.25) is 0 Å². The van der Waals surface area contributed by atoms with Crippen LogP contribution in [-0.2, 0) is 23.7 Å². The Labute approximate surface area is 153 Å². The van der Waals surface area contributed by atoms with E-state index in [1.165, 1.54) is 7.11 Å². The van der Waals surface area contributed by atoms with Crippen LogP contribution in [0.5, 0.6) is 0 Å². The second-order valence-electron chi connectivity index (χ2n) is 6.58. The lowest BCUT2D eigenvalue weighted by Crippen LogP contribution is -2.61. The summed E-state index contributed by atoms with van der Waals surface area (Å²) in [7, 11) is 1.53. The molecule has 1 N–H and O–H groups in total. The summed E-state index contributed by atoms with van der Waals surface area (Å²) >= 11 is 0. The third-order valence-electron chi connectivity index (χ3n) is 4.39. The van der Waals surface area contributed by atoms with Crippen molar-refractivity contribution < 1.29 is 28.8 Å². The number of unbranched alkanes of at least 4 members (excludes halogenated alkanes) is 3. The quantitative estimate of drug-likeness (QED) is 0.479. The Kier molecular flexibility index (Phi) is 12.7. The van der Waals surface area contributed by atoms with Gasteiger partial charge in [-0.25, -0.2) is 0 Å². The Balaban J connectivity index is 2.75. The zero-order valence-corrected chi connectivity index (χ0v) is 16.4. The molecule has 1 aliphatic rings. The van der Waals surface area contributed by atoms with Gasteiger partial charge in [0, 0.05) is 26.9 Å². The maximum Gasteiger partial charge on any atom is 0.186 e. The van der Waals surface area contributed by atoms with E-state index in [0.29, 0.717) is 26.4 Å². The fourth-order valence-corrected chi connectivity index (χ4v) is 2.79. The molecule has 1 saturated heterocycles. The molecule has 1 aliphatic heterocycles. The molecule has 0 spiro atoms. The Morgan fingerprint density at radius 2 is 1.40 bits per heavy atom. The molecule has 0 aliphatic carbocycles. The highest BCUT2D eigenvalue weighted by molar-refractivity contribution is 4.91. The predicted molar refractivity (Wildman–Crippen MR) is 96.7 cm³/mol. The topological polar surface area (TPSA) is 66.4 Å². The number of aliphatic hydroxyl groups excluding tert-OH is 1. The van der Waals surface area contributed by atoms with Crippen LogP contribution in [0.15, 0.2) is 0 Å². The van der Waals surface area contributed by atoms with Crippen LogP contribution in [0.2, 0.25) is 0 Å². The molecule has 5 unspecified atom stereocenters. The lowest BCUT2D eigenvalue weighted by atomic mass is 9.98. The third kappa shape index (κ3) is 7.89. The van der Waals surface area contributed by atoms with Crippen molar-refractivity contribution in [3.05, 3.63) is 0 Å². The third-order valence-corrected chi connectivity index (χ3v) is 4.39. The van der Waals surface area contributed by atoms with Crippen LogP contribution in [0.25, 0.3) is 0 Å². The summed E-state index contributed by atoms with van der Waals surface area (Å²) in [5, 5.41) is 10.6. The fourth-order valence-electron chi connectivity index (χ4n) is 2.79. The summed E-state index contributed by atoms with van der Waals surface area (Å²) in [5.41, 5.74) is 0. The van der Waals surface area contributed by atoms with Gasteiger partial charge in [0.1, 0.15) is 24.4 Å². The van der Waals surface area contributed by atoms with Crippen molar-refractivity contribution in [1.29, 1.82) is 0 Å². The zero-order chi connectivity index (χ0) is 18.5. The van der Waals surface area contributed by atoms with E-state index >= 15 is 0 Å². The number of methoxy groups -OCH3 is 1. The molecule has 1 rings (SSSR count). The molecule has 25 heavy (non-hydrogen) atoms. The van der Waals surface area contributed by atoms with E-state index < -0.39 is 18.5 Å². The van der Waals surface area contributed by atoms with Gasteiger partial charge in [-0.15, -0.1) is 0 Å². The fraction of sp³-hybridized carbons (Fsp3) is 1.00. The number of hydrogen-bond donors (Lipinski definition) is 1. The molecular weight excluding hydrogens is 324 g/mol. The van der Waals surface area contributed by atoms with Gasteiger partial charge < -0.3 is 28.8 Å². The molecular formula is C19H38O6. The van der Waals surface area contributed by atoms with Crippen molar-refractivity contribution in [2.75, 3.05) is 33.5 Å². The largest absolute Gasteiger partial charge is 0.385 e. The first kappa shape index (κ1) is 22.8. The van der Waals surface area contributed by atoms with Crippen molar-refractivity contribution >= 4 is 0 Å². The van der Waals surface area contributed by atoms with Gasteiger partial charge in [0.15, 0.2) is 6.29 Å². The van der Waals surface area contributed by atoms with Crippen molar-refractivity contribution in [3.8, 4) is 0 Å². The van der Waals surface area contributed by atoms with E-state index in [2.05, 4.69) is 20.8 Å². The molecule has 0 saturated carbocycles. The van der Waals surface area contributed by atoms with Gasteiger partial charge >= 0.3 is 0 Å². The molecule has 0 radical (unpaired) electrons. The minimum absolute atomic E-state index is 0.311. The van der Waals surface area contributed by atoms with Crippen molar-refractivity contribution in [1.82, 2.24) is 0 Å². The van der Waals surface area contributed by atoms with Crippen molar-refractivity contribution in [2.45, 2.75) is 90.0 Å². The minimum atomic E-state index is -0.875. The van der Waals surface area contributed by atoms with E-state index in [4.69, 9.17) is 23.7 Å². The van der Waals surface area contributed by atoms with E-state index in [0.717, 1.165) is 38.5 Å². The van der Waals surface area contributed by atoms with E-state index in [-0.39, 0.29) is 12.2 Å². The average Bonchev–Trinajstić information content (AvgIpc) is 2.62. The first-order chi connectivity index (χ1) is 12.2. The highest BCUT2D eigenvalue weighted by Gasteiger charge is 2.47. The standard InChI is InChI=1S/C19H38O6/c1-5-8-11-22-14-15-17(23-12-9-6-2)18(24-13-10-7-3)16(20)19(21-4)25-15/h15-20H,5-14H2,1-4H3. The van der Waals surface area contributed by atoms with Gasteiger partial charge in [-0.2, -0.15) is 0 Å². The number of ether oxygens (including phenoxy) is 5. The Morgan fingerprint density at radius 3 is 1.96 bits per heavy atom. The van der Waals surface area contributed by atoms with Crippen LogP contribution in [-0.4, -0.2) is 69.3 Å². The van der Waals surface area contributed by atoms with Crippen molar-refractivity contribution in [3.63, 3.8) is 0 Å². The summed E-state index contributed by atoms with van der Waals surface area (Å²) in [5.74, 6) is 0. The summed E-state index contributed by atoms with van der Waals surface area (Å²) in [6, 6.07) is 0. The van der Waals surface area contributed by atoms with Crippen molar-refractivity contribution in [2.24, 2.45) is 0 Å². The second kappa shape index (κ2) is 13.9. The first-order valence-corrected chi connectivity index (χ1v) is 9.86. The maximum absolute atomic E-state index is 10.6.